The van der Waals surface area contributed by atoms with E-state index in [0.717, 1.165) is 64.2 Å². The van der Waals surface area contributed by atoms with Gasteiger partial charge in [0.05, 0.1) is 0 Å². The van der Waals surface area contributed by atoms with E-state index in [2.05, 4.69) is 50.3 Å². The summed E-state index contributed by atoms with van der Waals surface area (Å²) in [6.07, 6.45) is 40.3. The molecule has 1 atom stereocenters. The first-order valence-electron chi connectivity index (χ1n) is 17.0. The zero-order chi connectivity index (χ0) is 29.4. The van der Waals surface area contributed by atoms with Crippen LogP contribution in [0.3, 0.4) is 0 Å². The topological polar surface area (TPSA) is 63.6 Å². The van der Waals surface area contributed by atoms with Gasteiger partial charge in [0.1, 0.15) is 6.10 Å². The number of carboxylic acid groups (broad SMARTS) is 1. The molecule has 0 aromatic rings. The van der Waals surface area contributed by atoms with Crippen molar-refractivity contribution in [2.75, 3.05) is 0 Å². The Bertz CT molecular complexity index is 649. The van der Waals surface area contributed by atoms with Crippen molar-refractivity contribution in [3.8, 4) is 0 Å². The average Bonchev–Trinajstić information content (AvgIpc) is 2.93. The highest BCUT2D eigenvalue weighted by Gasteiger charge is 2.14. The summed E-state index contributed by atoms with van der Waals surface area (Å²) in [5.74, 6) is -0.772. The van der Waals surface area contributed by atoms with E-state index in [9.17, 15) is 9.59 Å². The highest BCUT2D eigenvalue weighted by atomic mass is 16.5. The Morgan fingerprint density at radius 3 is 1.65 bits per heavy atom. The molecule has 0 spiro atoms. The fourth-order valence-corrected chi connectivity index (χ4v) is 4.90. The Morgan fingerprint density at radius 1 is 0.575 bits per heavy atom. The minimum atomic E-state index is -0.729. The van der Waals surface area contributed by atoms with E-state index < -0.39 is 5.97 Å². The maximum absolute atomic E-state index is 12.4. The number of carbonyl (C=O) groups is 2. The Labute approximate surface area is 248 Å². The lowest BCUT2D eigenvalue weighted by Gasteiger charge is -2.18. The first-order chi connectivity index (χ1) is 19.6. The minimum Gasteiger partial charge on any atom is -0.481 e. The highest BCUT2D eigenvalue weighted by molar-refractivity contribution is 5.69. The van der Waals surface area contributed by atoms with Crippen LogP contribution in [0.1, 0.15) is 174 Å². The number of carbonyl (C=O) groups excluding carboxylic acids is 1. The second kappa shape index (κ2) is 31.7. The van der Waals surface area contributed by atoms with Gasteiger partial charge in [-0.05, 0) is 70.6 Å². The van der Waals surface area contributed by atoms with Crippen molar-refractivity contribution in [2.24, 2.45) is 0 Å². The normalized spacial score (nSPS) is 12.7. The number of rotatable bonds is 30. The lowest BCUT2D eigenvalue weighted by Crippen LogP contribution is -2.18. The number of aliphatic carboxylic acids is 1. The molecule has 0 saturated heterocycles. The Morgan fingerprint density at radius 2 is 1.05 bits per heavy atom. The number of ether oxygens (including phenoxy) is 1. The third kappa shape index (κ3) is 30.7. The van der Waals surface area contributed by atoms with E-state index in [1.807, 2.05) is 0 Å². The van der Waals surface area contributed by atoms with Gasteiger partial charge in [-0.1, -0.05) is 127 Å². The summed E-state index contributed by atoms with van der Waals surface area (Å²) in [5.41, 5.74) is 0. The Hall–Kier alpha value is -1.84. The van der Waals surface area contributed by atoms with Crippen molar-refractivity contribution in [1.29, 1.82) is 0 Å². The van der Waals surface area contributed by atoms with E-state index in [-0.39, 0.29) is 18.5 Å². The van der Waals surface area contributed by atoms with Gasteiger partial charge in [-0.15, -0.1) is 0 Å². The van der Waals surface area contributed by atoms with Gasteiger partial charge in [0.2, 0.25) is 0 Å². The van der Waals surface area contributed by atoms with Gasteiger partial charge < -0.3 is 9.84 Å². The zero-order valence-electron chi connectivity index (χ0n) is 26.4. The zero-order valence-corrected chi connectivity index (χ0v) is 26.4. The van der Waals surface area contributed by atoms with Crippen LogP contribution in [0.25, 0.3) is 0 Å². The van der Waals surface area contributed by atoms with E-state index in [1.54, 1.807) is 0 Å². The van der Waals surface area contributed by atoms with E-state index >= 15 is 0 Å². The van der Waals surface area contributed by atoms with Crippen LogP contribution in [0.5, 0.6) is 0 Å². The van der Waals surface area contributed by atoms with Crippen LogP contribution < -0.4 is 0 Å². The van der Waals surface area contributed by atoms with E-state index in [0.29, 0.717) is 12.8 Å². The Kier molecular flexibility index (Phi) is 30.2. The van der Waals surface area contributed by atoms with Crippen LogP contribution in [0.15, 0.2) is 36.5 Å². The molecule has 0 rings (SSSR count). The molecule has 0 heterocycles. The molecule has 0 bridgehead atoms. The van der Waals surface area contributed by atoms with Gasteiger partial charge in [0, 0.05) is 12.8 Å². The van der Waals surface area contributed by atoms with Crippen molar-refractivity contribution in [3.63, 3.8) is 0 Å². The molecule has 0 amide bonds. The van der Waals surface area contributed by atoms with Crippen LogP contribution in [0.4, 0.5) is 0 Å². The van der Waals surface area contributed by atoms with Gasteiger partial charge in [-0.3, -0.25) is 9.59 Å². The highest BCUT2D eigenvalue weighted by Crippen LogP contribution is 2.18. The summed E-state index contributed by atoms with van der Waals surface area (Å²) >= 11 is 0. The fraction of sp³-hybridized carbons (Fsp3) is 0.778. The van der Waals surface area contributed by atoms with Crippen LogP contribution in [-0.2, 0) is 14.3 Å². The molecule has 0 aliphatic carbocycles. The molecular formula is C36H64O4. The van der Waals surface area contributed by atoms with Gasteiger partial charge >= 0.3 is 11.9 Å². The van der Waals surface area contributed by atoms with E-state index in [1.165, 1.54) is 77.0 Å². The maximum atomic E-state index is 12.4. The van der Waals surface area contributed by atoms with Crippen LogP contribution in [0, 0.1) is 0 Å². The molecule has 0 aromatic heterocycles. The molecule has 4 nitrogen and oxygen atoms in total. The average molecular weight is 561 g/mol. The van der Waals surface area contributed by atoms with Crippen LogP contribution in [-0.4, -0.2) is 23.1 Å². The van der Waals surface area contributed by atoms with E-state index in [4.69, 9.17) is 9.84 Å². The predicted molar refractivity (Wildman–Crippen MR) is 172 cm³/mol. The third-order valence-corrected chi connectivity index (χ3v) is 7.38. The predicted octanol–water partition coefficient (Wildman–Crippen LogP) is 11.4. The standard InChI is InChI=1S/C36H64O4/c1-3-5-7-9-10-11-12-13-14-15-16-17-18-19-20-21-22-24-29-33-36(39)40-34(30-26-23-8-6-4-2)31-27-25-28-32-35(37)38/h5,7,10-11,13-14,34H,3-4,6,8-9,12,15-33H2,1-2H3,(H,37,38)/b7-5-,11-10-,14-13-. The lowest BCUT2D eigenvalue weighted by atomic mass is 10.0. The molecular weight excluding hydrogens is 496 g/mol. The molecule has 40 heavy (non-hydrogen) atoms. The van der Waals surface area contributed by atoms with Gasteiger partial charge in [0.15, 0.2) is 0 Å². The van der Waals surface area contributed by atoms with Crippen molar-refractivity contribution >= 4 is 11.9 Å². The SMILES string of the molecule is CC/C=C\C/C=C\C/C=C\CCCCCCCCCCCC(=O)OC(CCCCCCC)CCCCCC(=O)O. The van der Waals surface area contributed by atoms with Crippen LogP contribution >= 0.6 is 0 Å². The summed E-state index contributed by atoms with van der Waals surface area (Å²) in [6, 6.07) is 0. The quantitative estimate of drug-likeness (QED) is 0.0539. The molecule has 0 aliphatic heterocycles. The molecule has 0 aromatic carbocycles. The summed E-state index contributed by atoms with van der Waals surface area (Å²) in [4.78, 5) is 23.1. The first-order valence-corrected chi connectivity index (χ1v) is 17.0. The van der Waals surface area contributed by atoms with Gasteiger partial charge in [0.25, 0.3) is 0 Å². The summed E-state index contributed by atoms with van der Waals surface area (Å²) < 4.78 is 5.86. The van der Waals surface area contributed by atoms with Crippen molar-refractivity contribution in [2.45, 2.75) is 180 Å². The second-order valence-corrected chi connectivity index (χ2v) is 11.3. The maximum Gasteiger partial charge on any atom is 0.306 e. The number of unbranched alkanes of at least 4 members (excludes halogenated alkanes) is 15. The molecule has 0 saturated carbocycles. The van der Waals surface area contributed by atoms with Crippen molar-refractivity contribution in [3.05, 3.63) is 36.5 Å². The molecule has 0 radical (unpaired) electrons. The first kappa shape index (κ1) is 38.2. The number of hydrogen-bond acceptors (Lipinski definition) is 3. The lowest BCUT2D eigenvalue weighted by molar-refractivity contribution is -0.150. The monoisotopic (exact) mass is 560 g/mol. The summed E-state index contributed by atoms with van der Waals surface area (Å²) in [7, 11) is 0. The largest absolute Gasteiger partial charge is 0.481 e. The molecule has 232 valence electrons. The molecule has 0 aliphatic rings. The van der Waals surface area contributed by atoms with Crippen LogP contribution in [0.2, 0.25) is 0 Å². The number of esters is 1. The molecule has 1 unspecified atom stereocenters. The summed E-state index contributed by atoms with van der Waals surface area (Å²) in [6.45, 7) is 4.38. The van der Waals surface area contributed by atoms with Gasteiger partial charge in [-0.25, -0.2) is 0 Å². The minimum absolute atomic E-state index is 0.00395. The molecule has 0 fully saturated rings. The van der Waals surface area contributed by atoms with Crippen molar-refractivity contribution < 1.29 is 19.4 Å². The third-order valence-electron chi connectivity index (χ3n) is 7.38. The number of allylic oxidation sites excluding steroid dienone is 6. The smallest absolute Gasteiger partial charge is 0.306 e. The Balaban J connectivity index is 3.76. The summed E-state index contributed by atoms with van der Waals surface area (Å²) in [5, 5.41) is 8.81. The fourth-order valence-electron chi connectivity index (χ4n) is 4.90. The number of hydrogen-bond donors (Lipinski definition) is 1. The molecule has 1 N–H and O–H groups in total. The molecule has 4 heteroatoms. The second-order valence-electron chi connectivity index (χ2n) is 11.3. The number of carboxylic acids is 1. The van der Waals surface area contributed by atoms with Gasteiger partial charge in [-0.2, -0.15) is 0 Å². The van der Waals surface area contributed by atoms with Crippen molar-refractivity contribution in [1.82, 2.24) is 0 Å².